The maximum atomic E-state index is 11.9. The number of carboxylic acids is 1. The number of rotatable bonds is 3. The highest BCUT2D eigenvalue weighted by Crippen LogP contribution is 2.07. The van der Waals surface area contributed by atoms with Gasteiger partial charge in [0.15, 0.2) is 9.84 Å². The van der Waals surface area contributed by atoms with Gasteiger partial charge in [0.2, 0.25) is 0 Å². The topological polar surface area (TPSA) is 104 Å². The summed E-state index contributed by atoms with van der Waals surface area (Å²) >= 11 is 0. The van der Waals surface area contributed by atoms with E-state index in [0.717, 1.165) is 0 Å². The van der Waals surface area contributed by atoms with Crippen LogP contribution in [0.3, 0.4) is 0 Å². The summed E-state index contributed by atoms with van der Waals surface area (Å²) in [7, 11) is -3.08. The van der Waals surface area contributed by atoms with Gasteiger partial charge < -0.3 is 15.3 Å². The van der Waals surface area contributed by atoms with E-state index in [1.54, 1.807) is 13.8 Å². The maximum absolute atomic E-state index is 11.9. The molecule has 0 aliphatic carbocycles. The highest BCUT2D eigenvalue weighted by Gasteiger charge is 2.28. The summed E-state index contributed by atoms with van der Waals surface area (Å²) in [5.41, 5.74) is 0. The molecule has 0 aromatic rings. The fraction of sp³-hybridized carbons (Fsp3) is 0.818. The Kier molecular flexibility index (Phi) is 5.16. The molecule has 7 nitrogen and oxygen atoms in total. The fourth-order valence-electron chi connectivity index (χ4n) is 1.88. The number of amides is 2. The molecule has 1 aliphatic heterocycles. The van der Waals surface area contributed by atoms with Crippen LogP contribution in [0, 0.1) is 5.92 Å². The number of hydrogen-bond donors (Lipinski definition) is 2. The summed E-state index contributed by atoms with van der Waals surface area (Å²) in [4.78, 5) is 24.3. The molecule has 0 radical (unpaired) electrons. The molecule has 110 valence electrons. The van der Waals surface area contributed by atoms with Crippen LogP contribution in [-0.4, -0.2) is 61.1 Å². The quantitative estimate of drug-likeness (QED) is 0.757. The van der Waals surface area contributed by atoms with Crippen molar-refractivity contribution in [3.8, 4) is 0 Å². The van der Waals surface area contributed by atoms with Crippen LogP contribution in [0.4, 0.5) is 4.79 Å². The lowest BCUT2D eigenvalue weighted by Crippen LogP contribution is -2.50. The Bertz CT molecular complexity index is 446. The first-order valence-corrected chi connectivity index (χ1v) is 8.04. The Morgan fingerprint density at radius 1 is 1.21 bits per heavy atom. The predicted molar refractivity (Wildman–Crippen MR) is 69.6 cm³/mol. The molecule has 1 unspecified atom stereocenters. The van der Waals surface area contributed by atoms with Crippen LogP contribution in [0.25, 0.3) is 0 Å². The van der Waals surface area contributed by atoms with Crippen LogP contribution in [0.1, 0.15) is 20.3 Å². The number of sulfone groups is 1. The zero-order valence-electron chi connectivity index (χ0n) is 11.1. The molecule has 1 atom stereocenters. The van der Waals surface area contributed by atoms with E-state index in [4.69, 9.17) is 5.11 Å². The number of aliphatic carboxylic acids is 1. The number of carbonyl (C=O) groups is 2. The largest absolute Gasteiger partial charge is 0.480 e. The van der Waals surface area contributed by atoms with E-state index < -0.39 is 27.9 Å². The van der Waals surface area contributed by atoms with E-state index in [2.05, 4.69) is 5.32 Å². The molecule has 2 amide bonds. The Hall–Kier alpha value is -1.31. The van der Waals surface area contributed by atoms with Gasteiger partial charge in [-0.1, -0.05) is 13.8 Å². The lowest BCUT2D eigenvalue weighted by molar-refractivity contribution is -0.140. The summed E-state index contributed by atoms with van der Waals surface area (Å²) in [5.74, 6) is -1.33. The van der Waals surface area contributed by atoms with Crippen LogP contribution in [0.2, 0.25) is 0 Å². The number of nitrogens with one attached hydrogen (secondary N) is 1. The van der Waals surface area contributed by atoms with Crippen LogP contribution >= 0.6 is 0 Å². The number of urea groups is 1. The van der Waals surface area contributed by atoms with Crippen molar-refractivity contribution in [3.63, 3.8) is 0 Å². The Morgan fingerprint density at radius 3 is 2.37 bits per heavy atom. The Morgan fingerprint density at radius 2 is 1.84 bits per heavy atom. The van der Waals surface area contributed by atoms with Crippen molar-refractivity contribution in [1.29, 1.82) is 0 Å². The summed E-state index contributed by atoms with van der Waals surface area (Å²) in [6.45, 7) is 3.84. The zero-order valence-corrected chi connectivity index (χ0v) is 11.9. The smallest absolute Gasteiger partial charge is 0.326 e. The average molecular weight is 292 g/mol. The van der Waals surface area contributed by atoms with E-state index in [1.807, 2.05) is 0 Å². The fourth-order valence-corrected chi connectivity index (χ4v) is 3.15. The van der Waals surface area contributed by atoms with Gasteiger partial charge >= 0.3 is 12.0 Å². The molecular weight excluding hydrogens is 272 g/mol. The van der Waals surface area contributed by atoms with Gasteiger partial charge in [-0.05, 0) is 12.3 Å². The van der Waals surface area contributed by atoms with Crippen molar-refractivity contribution in [1.82, 2.24) is 10.2 Å². The molecule has 0 bridgehead atoms. The van der Waals surface area contributed by atoms with Gasteiger partial charge in [-0.15, -0.1) is 0 Å². The molecule has 1 fully saturated rings. The van der Waals surface area contributed by atoms with Gasteiger partial charge in [0.1, 0.15) is 6.04 Å². The summed E-state index contributed by atoms with van der Waals surface area (Å²) in [6.07, 6.45) is 0.384. The van der Waals surface area contributed by atoms with Crippen molar-refractivity contribution >= 4 is 21.8 Å². The van der Waals surface area contributed by atoms with Crippen LogP contribution < -0.4 is 5.32 Å². The SMILES string of the molecule is CC(C)C(NC(=O)N1CCCS(=O)(=O)CC1)C(=O)O. The summed E-state index contributed by atoms with van der Waals surface area (Å²) in [5, 5.41) is 11.4. The Balaban J connectivity index is 2.65. The second kappa shape index (κ2) is 6.23. The number of hydrogen-bond acceptors (Lipinski definition) is 4. The first-order chi connectivity index (χ1) is 8.73. The first-order valence-electron chi connectivity index (χ1n) is 6.21. The lowest BCUT2D eigenvalue weighted by atomic mass is 10.1. The third-order valence-corrected chi connectivity index (χ3v) is 4.77. The van der Waals surface area contributed by atoms with E-state index in [9.17, 15) is 18.0 Å². The van der Waals surface area contributed by atoms with E-state index >= 15 is 0 Å². The summed E-state index contributed by atoms with van der Waals surface area (Å²) < 4.78 is 22.8. The van der Waals surface area contributed by atoms with E-state index in [1.165, 1.54) is 4.90 Å². The minimum Gasteiger partial charge on any atom is -0.480 e. The van der Waals surface area contributed by atoms with Crippen LogP contribution in [-0.2, 0) is 14.6 Å². The molecule has 1 aliphatic rings. The molecule has 0 spiro atoms. The van der Waals surface area contributed by atoms with E-state index in [-0.39, 0.29) is 24.0 Å². The number of nitrogens with zero attached hydrogens (tertiary/aromatic N) is 1. The second-order valence-corrected chi connectivity index (χ2v) is 7.31. The zero-order chi connectivity index (χ0) is 14.6. The Labute approximate surface area is 112 Å². The third kappa shape index (κ3) is 4.70. The molecule has 0 aromatic carbocycles. The van der Waals surface area contributed by atoms with Crippen molar-refractivity contribution < 1.29 is 23.1 Å². The standard InChI is InChI=1S/C11H20N2O5S/c1-8(2)9(10(14)15)12-11(16)13-4-3-6-19(17,18)7-5-13/h8-9H,3-7H2,1-2H3,(H,12,16)(H,14,15). The van der Waals surface area contributed by atoms with Crippen molar-refractivity contribution in [2.45, 2.75) is 26.3 Å². The molecule has 2 N–H and O–H groups in total. The molecule has 1 saturated heterocycles. The molecule has 0 saturated carbocycles. The first kappa shape index (κ1) is 15.7. The van der Waals surface area contributed by atoms with Gasteiger partial charge in [0.25, 0.3) is 0 Å². The van der Waals surface area contributed by atoms with Gasteiger partial charge in [-0.3, -0.25) is 0 Å². The highest BCUT2D eigenvalue weighted by molar-refractivity contribution is 7.91. The van der Waals surface area contributed by atoms with E-state index in [0.29, 0.717) is 13.0 Å². The molecule has 1 rings (SSSR count). The van der Waals surface area contributed by atoms with Crippen molar-refractivity contribution in [3.05, 3.63) is 0 Å². The lowest BCUT2D eigenvalue weighted by Gasteiger charge is -2.24. The third-order valence-electron chi connectivity index (χ3n) is 3.05. The van der Waals surface area contributed by atoms with Crippen molar-refractivity contribution in [2.75, 3.05) is 24.6 Å². The normalized spacial score (nSPS) is 20.7. The second-order valence-electron chi connectivity index (χ2n) is 5.00. The molecule has 8 heteroatoms. The molecule has 0 aromatic heterocycles. The monoisotopic (exact) mass is 292 g/mol. The van der Waals surface area contributed by atoms with Crippen LogP contribution in [0.5, 0.6) is 0 Å². The average Bonchev–Trinajstić information content (AvgIpc) is 2.46. The molecule has 19 heavy (non-hydrogen) atoms. The highest BCUT2D eigenvalue weighted by atomic mass is 32.2. The van der Waals surface area contributed by atoms with Gasteiger partial charge in [-0.25, -0.2) is 18.0 Å². The van der Waals surface area contributed by atoms with Gasteiger partial charge in [0, 0.05) is 13.1 Å². The minimum absolute atomic E-state index is 0.0696. The molecule has 1 heterocycles. The van der Waals surface area contributed by atoms with Gasteiger partial charge in [-0.2, -0.15) is 0 Å². The van der Waals surface area contributed by atoms with Gasteiger partial charge in [0.05, 0.1) is 11.5 Å². The molecular formula is C11H20N2O5S. The minimum atomic E-state index is -3.08. The van der Waals surface area contributed by atoms with Crippen LogP contribution in [0.15, 0.2) is 0 Å². The predicted octanol–water partition coefficient (Wildman–Crippen LogP) is -0.0743. The number of carboxylic acid groups (broad SMARTS) is 1. The maximum Gasteiger partial charge on any atom is 0.326 e. The number of carbonyl (C=O) groups excluding carboxylic acids is 1. The van der Waals surface area contributed by atoms with Crippen molar-refractivity contribution in [2.24, 2.45) is 5.92 Å². The summed E-state index contributed by atoms with van der Waals surface area (Å²) in [6, 6.07) is -1.48.